The highest BCUT2D eigenvalue weighted by atomic mass is 16.2. The largest absolute Gasteiger partial charge is 0.350 e. The second-order valence-electron chi connectivity index (χ2n) is 6.26. The van der Waals surface area contributed by atoms with E-state index in [1.165, 1.54) is 12.5 Å². The van der Waals surface area contributed by atoms with Crippen LogP contribution in [0, 0.1) is 0 Å². The quantitative estimate of drug-likeness (QED) is 0.842. The van der Waals surface area contributed by atoms with Crippen LogP contribution >= 0.6 is 0 Å². The van der Waals surface area contributed by atoms with E-state index in [1.54, 1.807) is 11.1 Å². The molecule has 2 aromatic rings. The molecule has 2 amide bonds. The van der Waals surface area contributed by atoms with Crippen LogP contribution in [0.25, 0.3) is 0 Å². The molecule has 132 valence electrons. The van der Waals surface area contributed by atoms with E-state index in [2.05, 4.69) is 24.1 Å². The van der Waals surface area contributed by atoms with E-state index in [0.717, 1.165) is 11.4 Å². The van der Waals surface area contributed by atoms with Crippen molar-refractivity contribution in [2.75, 3.05) is 11.4 Å². The molecule has 5 heteroatoms. The van der Waals surface area contributed by atoms with Crippen LogP contribution in [0.3, 0.4) is 0 Å². The van der Waals surface area contributed by atoms with E-state index in [4.69, 9.17) is 0 Å². The third kappa shape index (κ3) is 5.71. The minimum atomic E-state index is -0.101. The molecule has 0 aliphatic carbocycles. The van der Waals surface area contributed by atoms with Crippen molar-refractivity contribution in [3.8, 4) is 0 Å². The van der Waals surface area contributed by atoms with Gasteiger partial charge in [-0.3, -0.25) is 14.6 Å². The lowest BCUT2D eigenvalue weighted by atomic mass is 10.0. The highest BCUT2D eigenvalue weighted by Gasteiger charge is 2.14. The number of pyridine rings is 1. The molecule has 0 aliphatic heterocycles. The highest BCUT2D eigenvalue weighted by Crippen LogP contribution is 2.20. The Morgan fingerprint density at radius 2 is 1.84 bits per heavy atom. The standard InChI is InChI=1S/C20H25N3O2/c1-15(2)17-7-9-19(10-8-17)23(16(3)24)13-11-20(25)22-14-18-6-4-5-12-21-18/h4-10,12,15H,11,13-14H2,1-3H3,(H,22,25). The van der Waals surface area contributed by atoms with Crippen LogP contribution < -0.4 is 10.2 Å². The highest BCUT2D eigenvalue weighted by molar-refractivity contribution is 5.92. The summed E-state index contributed by atoms with van der Waals surface area (Å²) in [4.78, 5) is 29.8. The van der Waals surface area contributed by atoms with Gasteiger partial charge in [-0.2, -0.15) is 0 Å². The molecular formula is C20H25N3O2. The van der Waals surface area contributed by atoms with Crippen molar-refractivity contribution in [1.29, 1.82) is 0 Å². The van der Waals surface area contributed by atoms with Gasteiger partial charge in [0.15, 0.2) is 0 Å². The number of rotatable bonds is 7. The summed E-state index contributed by atoms with van der Waals surface area (Å²) in [6.45, 7) is 6.52. The molecule has 0 bridgehead atoms. The lowest BCUT2D eigenvalue weighted by Gasteiger charge is -2.21. The Balaban J connectivity index is 1.90. The van der Waals surface area contributed by atoms with Gasteiger partial charge in [-0.1, -0.05) is 32.0 Å². The van der Waals surface area contributed by atoms with Crippen LogP contribution in [0.15, 0.2) is 48.7 Å². The van der Waals surface area contributed by atoms with E-state index in [1.807, 2.05) is 42.5 Å². The van der Waals surface area contributed by atoms with Crippen LogP contribution in [0.5, 0.6) is 0 Å². The van der Waals surface area contributed by atoms with Crippen molar-refractivity contribution in [2.45, 2.75) is 39.7 Å². The van der Waals surface area contributed by atoms with E-state index >= 15 is 0 Å². The van der Waals surface area contributed by atoms with Crippen molar-refractivity contribution in [3.05, 3.63) is 59.9 Å². The van der Waals surface area contributed by atoms with Gasteiger partial charge in [-0.25, -0.2) is 0 Å². The number of benzene rings is 1. The van der Waals surface area contributed by atoms with Crippen LogP contribution in [-0.4, -0.2) is 23.3 Å². The molecule has 25 heavy (non-hydrogen) atoms. The first-order chi connectivity index (χ1) is 12.0. The number of anilines is 1. The number of carbonyl (C=O) groups is 2. The molecule has 0 unspecified atom stereocenters. The molecule has 0 atom stereocenters. The monoisotopic (exact) mass is 339 g/mol. The number of hydrogen-bond donors (Lipinski definition) is 1. The smallest absolute Gasteiger partial charge is 0.223 e. The maximum atomic E-state index is 12.0. The van der Waals surface area contributed by atoms with Gasteiger partial charge >= 0.3 is 0 Å². The molecule has 0 saturated carbocycles. The summed E-state index contributed by atoms with van der Waals surface area (Å²) in [5.74, 6) is 0.266. The van der Waals surface area contributed by atoms with E-state index in [9.17, 15) is 9.59 Å². The molecular weight excluding hydrogens is 314 g/mol. The van der Waals surface area contributed by atoms with Gasteiger partial charge in [-0.05, 0) is 35.7 Å². The Kier molecular flexibility index (Phi) is 6.69. The average molecular weight is 339 g/mol. The zero-order valence-corrected chi connectivity index (χ0v) is 15.0. The Labute approximate surface area is 149 Å². The summed E-state index contributed by atoms with van der Waals surface area (Å²) in [7, 11) is 0. The van der Waals surface area contributed by atoms with Gasteiger partial charge in [0.25, 0.3) is 0 Å². The zero-order valence-electron chi connectivity index (χ0n) is 15.0. The number of nitrogens with zero attached hydrogens (tertiary/aromatic N) is 2. The SMILES string of the molecule is CC(=O)N(CCC(=O)NCc1ccccn1)c1ccc(C(C)C)cc1. The molecule has 0 aliphatic rings. The first-order valence-electron chi connectivity index (χ1n) is 8.52. The fourth-order valence-corrected chi connectivity index (χ4v) is 2.50. The molecule has 5 nitrogen and oxygen atoms in total. The van der Waals surface area contributed by atoms with Gasteiger partial charge in [0.2, 0.25) is 11.8 Å². The molecule has 1 heterocycles. The van der Waals surface area contributed by atoms with Crippen LogP contribution in [-0.2, 0) is 16.1 Å². The van der Waals surface area contributed by atoms with Gasteiger partial charge in [0.05, 0.1) is 12.2 Å². The predicted octanol–water partition coefficient (Wildman–Crippen LogP) is 3.26. The number of amides is 2. The fourth-order valence-electron chi connectivity index (χ4n) is 2.50. The fraction of sp³-hybridized carbons (Fsp3) is 0.350. The third-order valence-corrected chi connectivity index (χ3v) is 4.01. The molecule has 0 saturated heterocycles. The second-order valence-corrected chi connectivity index (χ2v) is 6.26. The first kappa shape index (κ1) is 18.6. The van der Waals surface area contributed by atoms with Crippen LogP contribution in [0.1, 0.15) is 44.4 Å². The summed E-state index contributed by atoms with van der Waals surface area (Å²) in [6.07, 6.45) is 1.94. The average Bonchev–Trinajstić information content (AvgIpc) is 2.61. The number of carbonyl (C=O) groups excluding carboxylic acids is 2. The second kappa shape index (κ2) is 8.97. The van der Waals surface area contributed by atoms with Gasteiger partial charge in [0.1, 0.15) is 0 Å². The maximum absolute atomic E-state index is 12.0. The van der Waals surface area contributed by atoms with Crippen molar-refractivity contribution in [2.24, 2.45) is 0 Å². The summed E-state index contributed by atoms with van der Waals surface area (Å²) in [6, 6.07) is 13.5. The predicted molar refractivity (Wildman–Crippen MR) is 99.3 cm³/mol. The molecule has 0 spiro atoms. The van der Waals surface area contributed by atoms with Crippen molar-refractivity contribution >= 4 is 17.5 Å². The van der Waals surface area contributed by atoms with Gasteiger partial charge in [0, 0.05) is 31.8 Å². The topological polar surface area (TPSA) is 62.3 Å². The van der Waals surface area contributed by atoms with Gasteiger partial charge < -0.3 is 10.2 Å². The lowest BCUT2D eigenvalue weighted by Crippen LogP contribution is -2.33. The molecule has 1 aromatic heterocycles. The molecule has 2 rings (SSSR count). The number of hydrogen-bond acceptors (Lipinski definition) is 3. The minimum Gasteiger partial charge on any atom is -0.350 e. The molecule has 0 radical (unpaired) electrons. The zero-order chi connectivity index (χ0) is 18.2. The number of aromatic nitrogens is 1. The van der Waals surface area contributed by atoms with E-state index in [-0.39, 0.29) is 18.2 Å². The Bertz CT molecular complexity index is 697. The Morgan fingerprint density at radius 1 is 1.12 bits per heavy atom. The van der Waals surface area contributed by atoms with Crippen molar-refractivity contribution in [3.63, 3.8) is 0 Å². The Hall–Kier alpha value is -2.69. The summed E-state index contributed by atoms with van der Waals surface area (Å²) in [5, 5.41) is 2.83. The van der Waals surface area contributed by atoms with Crippen LogP contribution in [0.2, 0.25) is 0 Å². The first-order valence-corrected chi connectivity index (χ1v) is 8.52. The molecule has 0 fully saturated rings. The lowest BCUT2D eigenvalue weighted by molar-refractivity contribution is -0.121. The third-order valence-electron chi connectivity index (χ3n) is 4.01. The maximum Gasteiger partial charge on any atom is 0.223 e. The Morgan fingerprint density at radius 3 is 2.40 bits per heavy atom. The minimum absolute atomic E-state index is 0.0742. The van der Waals surface area contributed by atoms with E-state index in [0.29, 0.717) is 19.0 Å². The van der Waals surface area contributed by atoms with Crippen molar-refractivity contribution < 1.29 is 9.59 Å². The van der Waals surface area contributed by atoms with E-state index < -0.39 is 0 Å². The summed E-state index contributed by atoms with van der Waals surface area (Å²) >= 11 is 0. The summed E-state index contributed by atoms with van der Waals surface area (Å²) in [5.41, 5.74) is 2.85. The van der Waals surface area contributed by atoms with Gasteiger partial charge in [-0.15, -0.1) is 0 Å². The van der Waals surface area contributed by atoms with Crippen molar-refractivity contribution in [1.82, 2.24) is 10.3 Å². The van der Waals surface area contributed by atoms with Crippen LogP contribution in [0.4, 0.5) is 5.69 Å². The number of nitrogens with one attached hydrogen (secondary N) is 1. The molecule has 1 N–H and O–H groups in total. The molecule has 1 aromatic carbocycles. The summed E-state index contributed by atoms with van der Waals surface area (Å²) < 4.78 is 0. The normalized spacial score (nSPS) is 10.6.